The smallest absolute Gasteiger partial charge is 0.0782 e. The molecule has 2 unspecified atom stereocenters. The molecular formula is C13H27NO2. The summed E-state index contributed by atoms with van der Waals surface area (Å²) in [6.45, 7) is 12.2. The second-order valence-corrected chi connectivity index (χ2v) is 5.09. The fraction of sp³-hybridized carbons (Fsp3) is 1.00. The van der Waals surface area contributed by atoms with E-state index in [0.717, 1.165) is 39.2 Å². The first-order chi connectivity index (χ1) is 7.61. The summed E-state index contributed by atoms with van der Waals surface area (Å²) >= 11 is 0. The van der Waals surface area contributed by atoms with Crippen molar-refractivity contribution in [2.24, 2.45) is 5.92 Å². The summed E-state index contributed by atoms with van der Waals surface area (Å²) in [5.41, 5.74) is -0.109. The third-order valence-corrected chi connectivity index (χ3v) is 3.32. The lowest BCUT2D eigenvalue weighted by Crippen LogP contribution is -2.53. The predicted molar refractivity (Wildman–Crippen MR) is 66.7 cm³/mol. The summed E-state index contributed by atoms with van der Waals surface area (Å²) < 4.78 is 11.4. The van der Waals surface area contributed by atoms with Crippen LogP contribution in [0.2, 0.25) is 0 Å². The molecule has 1 aliphatic rings. The first-order valence-electron chi connectivity index (χ1n) is 6.57. The molecule has 0 spiro atoms. The molecule has 0 aromatic heterocycles. The Kier molecular flexibility index (Phi) is 5.73. The Morgan fingerprint density at radius 2 is 2.19 bits per heavy atom. The molecule has 1 heterocycles. The van der Waals surface area contributed by atoms with Gasteiger partial charge in [0, 0.05) is 25.2 Å². The molecule has 1 N–H and O–H groups in total. The average molecular weight is 229 g/mol. The maximum absolute atomic E-state index is 5.88. The number of rotatable bonds is 7. The lowest BCUT2D eigenvalue weighted by Gasteiger charge is -2.38. The Hall–Kier alpha value is -0.120. The minimum atomic E-state index is -0.109. The second kappa shape index (κ2) is 6.58. The number of ether oxygens (including phenoxy) is 2. The molecule has 3 nitrogen and oxygen atoms in total. The number of hydrogen-bond acceptors (Lipinski definition) is 3. The zero-order valence-electron chi connectivity index (χ0n) is 11.2. The summed E-state index contributed by atoms with van der Waals surface area (Å²) in [4.78, 5) is 0. The van der Waals surface area contributed by atoms with Crippen LogP contribution in [-0.4, -0.2) is 38.0 Å². The van der Waals surface area contributed by atoms with Gasteiger partial charge < -0.3 is 14.8 Å². The Morgan fingerprint density at radius 1 is 1.44 bits per heavy atom. The molecule has 0 aromatic rings. The van der Waals surface area contributed by atoms with Gasteiger partial charge in [-0.1, -0.05) is 6.92 Å². The quantitative estimate of drug-likeness (QED) is 0.726. The number of hydrogen-bond donors (Lipinski definition) is 1. The van der Waals surface area contributed by atoms with Gasteiger partial charge >= 0.3 is 0 Å². The SMILES string of the molecule is CCCNC(C1CCOC1)C(C)(C)OCC. The Labute approximate surface area is 99.9 Å². The van der Waals surface area contributed by atoms with Crippen LogP contribution in [0.4, 0.5) is 0 Å². The maximum Gasteiger partial charge on any atom is 0.0782 e. The Morgan fingerprint density at radius 3 is 2.69 bits per heavy atom. The van der Waals surface area contributed by atoms with E-state index in [-0.39, 0.29) is 5.60 Å². The fourth-order valence-corrected chi connectivity index (χ4v) is 2.56. The molecule has 16 heavy (non-hydrogen) atoms. The van der Waals surface area contributed by atoms with Crippen molar-refractivity contribution in [2.75, 3.05) is 26.4 Å². The van der Waals surface area contributed by atoms with E-state index in [1.165, 1.54) is 0 Å². The normalized spacial score (nSPS) is 23.6. The van der Waals surface area contributed by atoms with Crippen LogP contribution in [0.1, 0.15) is 40.5 Å². The third-order valence-electron chi connectivity index (χ3n) is 3.32. The molecule has 0 amide bonds. The molecule has 3 heteroatoms. The molecule has 1 aliphatic heterocycles. The summed E-state index contributed by atoms with van der Waals surface area (Å²) in [5, 5.41) is 3.63. The van der Waals surface area contributed by atoms with Gasteiger partial charge in [0.2, 0.25) is 0 Å². The zero-order valence-corrected chi connectivity index (χ0v) is 11.2. The van der Waals surface area contributed by atoms with Crippen LogP contribution in [0.5, 0.6) is 0 Å². The second-order valence-electron chi connectivity index (χ2n) is 5.09. The van der Waals surface area contributed by atoms with Crippen LogP contribution in [-0.2, 0) is 9.47 Å². The minimum absolute atomic E-state index is 0.109. The summed E-state index contributed by atoms with van der Waals surface area (Å²) in [6, 6.07) is 0.398. The van der Waals surface area contributed by atoms with E-state index >= 15 is 0 Å². The van der Waals surface area contributed by atoms with Crippen LogP contribution in [0.15, 0.2) is 0 Å². The van der Waals surface area contributed by atoms with Crippen molar-refractivity contribution in [1.29, 1.82) is 0 Å². The first kappa shape index (κ1) is 13.9. The highest BCUT2D eigenvalue weighted by atomic mass is 16.5. The van der Waals surface area contributed by atoms with Gasteiger partial charge in [-0.15, -0.1) is 0 Å². The van der Waals surface area contributed by atoms with E-state index in [1.54, 1.807) is 0 Å². The highest BCUT2D eigenvalue weighted by Gasteiger charge is 2.37. The van der Waals surface area contributed by atoms with Crippen molar-refractivity contribution >= 4 is 0 Å². The molecule has 1 saturated heterocycles. The van der Waals surface area contributed by atoms with E-state index in [4.69, 9.17) is 9.47 Å². The molecule has 0 aliphatic carbocycles. The predicted octanol–water partition coefficient (Wildman–Crippen LogP) is 2.21. The van der Waals surface area contributed by atoms with Crippen LogP contribution in [0, 0.1) is 5.92 Å². The first-order valence-corrected chi connectivity index (χ1v) is 6.57. The molecule has 0 saturated carbocycles. The minimum Gasteiger partial charge on any atom is -0.381 e. The van der Waals surface area contributed by atoms with Gasteiger partial charge in [0.1, 0.15) is 0 Å². The van der Waals surface area contributed by atoms with Gasteiger partial charge in [0.05, 0.1) is 12.2 Å². The summed E-state index contributed by atoms with van der Waals surface area (Å²) in [7, 11) is 0. The number of nitrogens with one attached hydrogen (secondary N) is 1. The third kappa shape index (κ3) is 3.72. The monoisotopic (exact) mass is 229 g/mol. The van der Waals surface area contributed by atoms with Gasteiger partial charge in [-0.3, -0.25) is 0 Å². The van der Waals surface area contributed by atoms with Gasteiger partial charge in [-0.25, -0.2) is 0 Å². The maximum atomic E-state index is 5.88. The fourth-order valence-electron chi connectivity index (χ4n) is 2.56. The molecule has 0 bridgehead atoms. The van der Waals surface area contributed by atoms with Crippen molar-refractivity contribution in [3.05, 3.63) is 0 Å². The molecule has 96 valence electrons. The highest BCUT2D eigenvalue weighted by molar-refractivity contribution is 4.92. The molecule has 1 fully saturated rings. The van der Waals surface area contributed by atoms with E-state index in [1.807, 2.05) is 0 Å². The van der Waals surface area contributed by atoms with Gasteiger partial charge in [-0.2, -0.15) is 0 Å². The topological polar surface area (TPSA) is 30.5 Å². The summed E-state index contributed by atoms with van der Waals surface area (Å²) in [5.74, 6) is 0.591. The van der Waals surface area contributed by atoms with E-state index in [2.05, 4.69) is 33.0 Å². The molecular weight excluding hydrogens is 202 g/mol. The van der Waals surface area contributed by atoms with Crippen LogP contribution >= 0.6 is 0 Å². The standard InChI is InChI=1S/C13H27NO2/c1-5-8-14-12(11-7-9-15-10-11)13(3,4)16-6-2/h11-12,14H,5-10H2,1-4H3. The van der Waals surface area contributed by atoms with Crippen molar-refractivity contribution in [3.63, 3.8) is 0 Å². The van der Waals surface area contributed by atoms with Gasteiger partial charge in [0.15, 0.2) is 0 Å². The van der Waals surface area contributed by atoms with Crippen molar-refractivity contribution in [2.45, 2.75) is 52.2 Å². The Bertz CT molecular complexity index is 188. The van der Waals surface area contributed by atoms with Crippen LogP contribution < -0.4 is 5.32 Å². The van der Waals surface area contributed by atoms with Crippen molar-refractivity contribution in [1.82, 2.24) is 5.32 Å². The average Bonchev–Trinajstić information content (AvgIpc) is 2.71. The van der Waals surface area contributed by atoms with Crippen molar-refractivity contribution in [3.8, 4) is 0 Å². The largest absolute Gasteiger partial charge is 0.381 e. The molecule has 0 radical (unpaired) electrons. The van der Waals surface area contributed by atoms with Crippen LogP contribution in [0.3, 0.4) is 0 Å². The molecule has 2 atom stereocenters. The van der Waals surface area contributed by atoms with E-state index in [0.29, 0.717) is 12.0 Å². The van der Waals surface area contributed by atoms with Crippen molar-refractivity contribution < 1.29 is 9.47 Å². The van der Waals surface area contributed by atoms with Gasteiger partial charge in [-0.05, 0) is 40.2 Å². The Balaban J connectivity index is 2.60. The lowest BCUT2D eigenvalue weighted by molar-refractivity contribution is -0.0536. The van der Waals surface area contributed by atoms with Crippen LogP contribution in [0.25, 0.3) is 0 Å². The zero-order chi connectivity index (χ0) is 12.0. The molecule has 0 aromatic carbocycles. The highest BCUT2D eigenvalue weighted by Crippen LogP contribution is 2.27. The van der Waals surface area contributed by atoms with Gasteiger partial charge in [0.25, 0.3) is 0 Å². The molecule has 1 rings (SSSR count). The summed E-state index contributed by atoms with van der Waals surface area (Å²) in [6.07, 6.45) is 2.31. The lowest BCUT2D eigenvalue weighted by atomic mass is 9.86. The van der Waals surface area contributed by atoms with E-state index < -0.39 is 0 Å². The van der Waals surface area contributed by atoms with E-state index in [9.17, 15) is 0 Å².